The summed E-state index contributed by atoms with van der Waals surface area (Å²) in [6, 6.07) is 9.82. The molecule has 0 heterocycles. The van der Waals surface area contributed by atoms with Crippen molar-refractivity contribution in [2.24, 2.45) is 5.92 Å². The largest absolute Gasteiger partial charge is 0.548 e. The normalized spacial score (nSPS) is 15.9. The summed E-state index contributed by atoms with van der Waals surface area (Å²) in [5, 5.41) is 12.5. The zero-order chi connectivity index (χ0) is 23.2. The van der Waals surface area contributed by atoms with E-state index in [0.717, 1.165) is 17.1 Å². The number of carboxylic acid groups (broad SMARTS) is 1. The van der Waals surface area contributed by atoms with Crippen LogP contribution in [0, 0.1) is 5.92 Å². The van der Waals surface area contributed by atoms with Crippen LogP contribution in [0.5, 0.6) is 0 Å². The molecule has 0 saturated heterocycles. The fourth-order valence-electron chi connectivity index (χ4n) is 3.76. The summed E-state index contributed by atoms with van der Waals surface area (Å²) in [6.07, 6.45) is 7.05. The monoisotopic (exact) mass is 449 g/mol. The van der Waals surface area contributed by atoms with Crippen LogP contribution in [0.4, 0.5) is 5.69 Å². The van der Waals surface area contributed by atoms with Crippen LogP contribution < -0.4 is 20.5 Å². The number of carbonyl (C=O) groups excluding carboxylic acids is 1. The second-order valence-electron chi connectivity index (χ2n) is 8.69. The lowest BCUT2D eigenvalue weighted by Crippen LogP contribution is -2.61. The quantitative estimate of drug-likeness (QED) is 0.693. The molecule has 1 saturated carbocycles. The van der Waals surface area contributed by atoms with Crippen molar-refractivity contribution in [2.45, 2.75) is 62.9 Å². The maximum Gasteiger partial charge on any atom is 0.241 e. The van der Waals surface area contributed by atoms with Crippen LogP contribution in [0.1, 0.15) is 46.0 Å². The number of sulfonamides is 1. The van der Waals surface area contributed by atoms with Crippen LogP contribution in [-0.2, 0) is 14.8 Å². The fraction of sp³-hybridized carbons (Fsp3) is 0.522. The molecule has 8 heteroatoms. The van der Waals surface area contributed by atoms with E-state index in [1.807, 2.05) is 31.1 Å². The Kier molecular flexibility index (Phi) is 8.85. The van der Waals surface area contributed by atoms with Gasteiger partial charge in [0.15, 0.2) is 0 Å². The van der Waals surface area contributed by atoms with Gasteiger partial charge >= 0.3 is 0 Å². The smallest absolute Gasteiger partial charge is 0.241 e. The Balaban J connectivity index is 0.000000412. The number of nitrogens with one attached hydrogen (secondary N) is 1. The second-order valence-corrected chi connectivity index (χ2v) is 10.4. The molecule has 0 radical (unpaired) electrons. The lowest BCUT2D eigenvalue weighted by Gasteiger charge is -2.23. The van der Waals surface area contributed by atoms with Gasteiger partial charge in [-0.3, -0.25) is 0 Å². The van der Waals surface area contributed by atoms with Crippen LogP contribution in [0.15, 0.2) is 41.3 Å². The summed E-state index contributed by atoms with van der Waals surface area (Å²) in [5.74, 6) is -1.88. The molecular weight excluding hydrogens is 414 g/mol. The summed E-state index contributed by atoms with van der Waals surface area (Å²) in [5.41, 5.74) is 4.88. The van der Waals surface area contributed by atoms with E-state index in [4.69, 9.17) is 0 Å². The molecule has 4 N–H and O–H groups in total. The van der Waals surface area contributed by atoms with Gasteiger partial charge in [0, 0.05) is 30.6 Å². The number of hydrogen-bond acceptors (Lipinski definition) is 5. The standard InChI is InChI=1S/C17H22N2O4S.C6H13N/c1-11(2)16(17(20)21)18-24(22,23)15-10-6-7-12-13(15)8-5-9-14(12)19(3)4;7-6-4-2-1-3-5-6/h5-11,16,18H,1-4H3,(H,20,21);6H,1-5,7H2. The summed E-state index contributed by atoms with van der Waals surface area (Å²) in [6.45, 7) is 3.24. The van der Waals surface area contributed by atoms with Crippen LogP contribution in [0.25, 0.3) is 10.8 Å². The van der Waals surface area contributed by atoms with Crippen LogP contribution >= 0.6 is 0 Å². The molecule has 2 aromatic carbocycles. The minimum atomic E-state index is -4.01. The molecule has 1 aliphatic rings. The van der Waals surface area contributed by atoms with Crippen molar-refractivity contribution in [1.82, 2.24) is 4.72 Å². The van der Waals surface area contributed by atoms with Crippen molar-refractivity contribution in [2.75, 3.05) is 19.0 Å². The topological polar surface area (TPSA) is 117 Å². The average molecular weight is 450 g/mol. The van der Waals surface area contributed by atoms with E-state index in [1.165, 1.54) is 38.2 Å². The number of hydrogen-bond donors (Lipinski definition) is 2. The van der Waals surface area contributed by atoms with Gasteiger partial charge in [0.25, 0.3) is 0 Å². The summed E-state index contributed by atoms with van der Waals surface area (Å²) >= 11 is 0. The Morgan fingerprint density at radius 2 is 1.65 bits per heavy atom. The highest BCUT2D eigenvalue weighted by molar-refractivity contribution is 7.89. The van der Waals surface area contributed by atoms with E-state index in [2.05, 4.69) is 10.5 Å². The van der Waals surface area contributed by atoms with E-state index in [0.29, 0.717) is 5.39 Å². The highest BCUT2D eigenvalue weighted by Crippen LogP contribution is 2.30. The lowest BCUT2D eigenvalue weighted by atomic mass is 9.97. The van der Waals surface area contributed by atoms with Gasteiger partial charge in [0.05, 0.1) is 22.9 Å². The molecule has 1 aliphatic carbocycles. The minimum Gasteiger partial charge on any atom is -0.548 e. The Morgan fingerprint density at radius 3 is 2.13 bits per heavy atom. The van der Waals surface area contributed by atoms with E-state index in [9.17, 15) is 18.3 Å². The molecule has 0 amide bonds. The van der Waals surface area contributed by atoms with Gasteiger partial charge in [-0.05, 0) is 43.7 Å². The predicted molar refractivity (Wildman–Crippen MR) is 122 cm³/mol. The first kappa shape index (κ1) is 25.1. The molecule has 31 heavy (non-hydrogen) atoms. The van der Waals surface area contributed by atoms with Gasteiger partial charge in [0.2, 0.25) is 10.0 Å². The summed E-state index contributed by atoms with van der Waals surface area (Å²) in [7, 11) is -0.260. The van der Waals surface area contributed by atoms with Gasteiger partial charge in [-0.2, -0.15) is 0 Å². The number of quaternary nitrogens is 1. The van der Waals surface area contributed by atoms with E-state index < -0.39 is 28.0 Å². The number of benzene rings is 2. The summed E-state index contributed by atoms with van der Waals surface area (Å²) < 4.78 is 27.7. The minimum absolute atomic E-state index is 0.0515. The van der Waals surface area contributed by atoms with E-state index in [-0.39, 0.29) is 4.90 Å². The molecule has 1 fully saturated rings. The number of anilines is 1. The van der Waals surface area contributed by atoms with Gasteiger partial charge < -0.3 is 20.5 Å². The lowest BCUT2D eigenvalue weighted by molar-refractivity contribution is -0.425. The molecule has 0 spiro atoms. The first-order valence-electron chi connectivity index (χ1n) is 10.8. The maximum atomic E-state index is 12.7. The van der Waals surface area contributed by atoms with Crippen molar-refractivity contribution in [1.29, 1.82) is 0 Å². The number of carbonyl (C=O) groups is 1. The number of rotatable bonds is 6. The SMILES string of the molecule is CC(C)C(NS(=O)(=O)c1cccc2c(N(C)C)cccc12)C(=O)[O-].[NH3+]C1CCCCC1. The summed E-state index contributed by atoms with van der Waals surface area (Å²) in [4.78, 5) is 13.2. The van der Waals surface area contributed by atoms with Crippen molar-refractivity contribution in [3.63, 3.8) is 0 Å². The molecular formula is C23H35N3O4S. The third-order valence-electron chi connectivity index (χ3n) is 5.56. The molecule has 2 aromatic rings. The molecule has 1 unspecified atom stereocenters. The first-order valence-corrected chi connectivity index (χ1v) is 12.3. The predicted octanol–water partition coefficient (Wildman–Crippen LogP) is 1.52. The third-order valence-corrected chi connectivity index (χ3v) is 7.06. The van der Waals surface area contributed by atoms with Crippen molar-refractivity contribution in [3.8, 4) is 0 Å². The van der Waals surface area contributed by atoms with Gasteiger partial charge in [-0.1, -0.05) is 44.5 Å². The highest BCUT2D eigenvalue weighted by atomic mass is 32.2. The molecule has 0 aromatic heterocycles. The van der Waals surface area contributed by atoms with Crippen LogP contribution in [0.2, 0.25) is 0 Å². The fourth-order valence-corrected chi connectivity index (χ4v) is 5.32. The Hall–Kier alpha value is -2.16. The van der Waals surface area contributed by atoms with Crippen molar-refractivity contribution >= 4 is 32.5 Å². The van der Waals surface area contributed by atoms with Crippen LogP contribution in [-0.4, -0.2) is 40.6 Å². The zero-order valence-electron chi connectivity index (χ0n) is 18.9. The maximum absolute atomic E-state index is 12.7. The number of carboxylic acids is 1. The molecule has 1 atom stereocenters. The molecule has 0 bridgehead atoms. The van der Waals surface area contributed by atoms with Crippen molar-refractivity contribution in [3.05, 3.63) is 36.4 Å². The number of aliphatic carboxylic acids is 1. The van der Waals surface area contributed by atoms with Gasteiger partial charge in [0.1, 0.15) is 0 Å². The van der Waals surface area contributed by atoms with Gasteiger partial charge in [-0.25, -0.2) is 13.1 Å². The molecule has 3 rings (SSSR count). The number of fused-ring (bicyclic) bond motifs is 1. The van der Waals surface area contributed by atoms with Crippen molar-refractivity contribution < 1.29 is 24.1 Å². The second kappa shape index (κ2) is 10.9. The number of nitrogens with zero attached hydrogens (tertiary/aromatic N) is 1. The third kappa shape index (κ3) is 6.66. The molecule has 7 nitrogen and oxygen atoms in total. The van der Waals surface area contributed by atoms with Crippen LogP contribution in [0.3, 0.4) is 0 Å². The highest BCUT2D eigenvalue weighted by Gasteiger charge is 2.25. The first-order chi connectivity index (χ1) is 14.5. The van der Waals surface area contributed by atoms with E-state index in [1.54, 1.807) is 32.0 Å². The average Bonchev–Trinajstić information content (AvgIpc) is 2.71. The van der Waals surface area contributed by atoms with E-state index >= 15 is 0 Å². The molecule has 172 valence electrons. The Labute approximate surface area is 185 Å². The molecule has 0 aliphatic heterocycles. The Bertz CT molecular complexity index is 983. The Morgan fingerprint density at radius 1 is 1.06 bits per heavy atom. The zero-order valence-corrected chi connectivity index (χ0v) is 19.7. The van der Waals surface area contributed by atoms with Gasteiger partial charge in [-0.15, -0.1) is 0 Å².